The highest BCUT2D eigenvalue weighted by Crippen LogP contribution is 2.13. The number of nitrogens with zero attached hydrogens (tertiary/aromatic N) is 1. The molecule has 6 nitrogen and oxygen atoms in total. The SMILES string of the molecule is Cc1ccc(C(=O)NCC(=O)NC2CCN(C(=O)CC(C)C)CC2)cc1C. The smallest absolute Gasteiger partial charge is 0.251 e. The van der Waals surface area contributed by atoms with Crippen molar-refractivity contribution in [2.24, 2.45) is 5.92 Å². The third-order valence-electron chi connectivity index (χ3n) is 4.97. The molecule has 6 heteroatoms. The maximum absolute atomic E-state index is 12.2. The van der Waals surface area contributed by atoms with Gasteiger partial charge in [-0.15, -0.1) is 0 Å². The molecule has 0 aliphatic carbocycles. The highest BCUT2D eigenvalue weighted by atomic mass is 16.2. The molecule has 0 aromatic heterocycles. The summed E-state index contributed by atoms with van der Waals surface area (Å²) in [5, 5.41) is 5.62. The number of nitrogens with one attached hydrogen (secondary N) is 2. The van der Waals surface area contributed by atoms with Gasteiger partial charge in [0.25, 0.3) is 5.91 Å². The Labute approximate surface area is 161 Å². The number of piperidine rings is 1. The van der Waals surface area contributed by atoms with Crippen molar-refractivity contribution in [1.82, 2.24) is 15.5 Å². The molecule has 1 heterocycles. The first kappa shape index (κ1) is 20.9. The van der Waals surface area contributed by atoms with Crippen LogP contribution in [0.25, 0.3) is 0 Å². The van der Waals surface area contributed by atoms with Crippen molar-refractivity contribution in [1.29, 1.82) is 0 Å². The van der Waals surface area contributed by atoms with Gasteiger partial charge in [-0.1, -0.05) is 19.9 Å². The molecule has 2 N–H and O–H groups in total. The van der Waals surface area contributed by atoms with E-state index >= 15 is 0 Å². The Kier molecular flexibility index (Phi) is 7.39. The van der Waals surface area contributed by atoms with Gasteiger partial charge in [0, 0.05) is 31.1 Å². The molecule has 1 aromatic rings. The quantitative estimate of drug-likeness (QED) is 0.802. The van der Waals surface area contributed by atoms with Gasteiger partial charge in [-0.3, -0.25) is 14.4 Å². The molecule has 1 saturated heterocycles. The van der Waals surface area contributed by atoms with E-state index in [1.54, 1.807) is 6.07 Å². The summed E-state index contributed by atoms with van der Waals surface area (Å²) >= 11 is 0. The summed E-state index contributed by atoms with van der Waals surface area (Å²) in [6, 6.07) is 5.55. The summed E-state index contributed by atoms with van der Waals surface area (Å²) in [4.78, 5) is 38.3. The minimum atomic E-state index is -0.248. The molecule has 1 aliphatic heterocycles. The lowest BCUT2D eigenvalue weighted by Crippen LogP contribution is -2.48. The topological polar surface area (TPSA) is 78.5 Å². The summed E-state index contributed by atoms with van der Waals surface area (Å²) in [6.45, 7) is 9.33. The zero-order valence-electron chi connectivity index (χ0n) is 16.8. The Balaban J connectivity index is 1.72. The lowest BCUT2D eigenvalue weighted by Gasteiger charge is -2.32. The normalized spacial score (nSPS) is 14.9. The van der Waals surface area contributed by atoms with E-state index in [4.69, 9.17) is 0 Å². The highest BCUT2D eigenvalue weighted by molar-refractivity contribution is 5.96. The second-order valence-corrected chi connectivity index (χ2v) is 7.80. The number of hydrogen-bond acceptors (Lipinski definition) is 3. The first-order chi connectivity index (χ1) is 12.8. The largest absolute Gasteiger partial charge is 0.352 e. The molecular weight excluding hydrogens is 342 g/mol. The molecular formula is C21H31N3O3. The lowest BCUT2D eigenvalue weighted by molar-refractivity contribution is -0.133. The number of carbonyl (C=O) groups excluding carboxylic acids is 3. The van der Waals surface area contributed by atoms with Crippen molar-refractivity contribution < 1.29 is 14.4 Å². The number of carbonyl (C=O) groups is 3. The van der Waals surface area contributed by atoms with Crippen LogP contribution in [-0.2, 0) is 9.59 Å². The molecule has 2 rings (SSSR count). The minimum Gasteiger partial charge on any atom is -0.352 e. The molecule has 1 aromatic carbocycles. The van der Waals surface area contributed by atoms with E-state index in [1.807, 2.05) is 44.7 Å². The zero-order valence-corrected chi connectivity index (χ0v) is 16.8. The van der Waals surface area contributed by atoms with Crippen molar-refractivity contribution in [3.8, 4) is 0 Å². The Morgan fingerprint density at radius 3 is 2.37 bits per heavy atom. The summed E-state index contributed by atoms with van der Waals surface area (Å²) in [6.07, 6.45) is 2.07. The average molecular weight is 373 g/mol. The van der Waals surface area contributed by atoms with Gasteiger partial charge in [0.2, 0.25) is 11.8 Å². The van der Waals surface area contributed by atoms with Gasteiger partial charge in [0.1, 0.15) is 0 Å². The molecule has 0 spiro atoms. The summed E-state index contributed by atoms with van der Waals surface area (Å²) in [5.41, 5.74) is 2.73. The van der Waals surface area contributed by atoms with Crippen LogP contribution in [0.3, 0.4) is 0 Å². The Morgan fingerprint density at radius 2 is 1.78 bits per heavy atom. The maximum Gasteiger partial charge on any atom is 0.251 e. The number of aryl methyl sites for hydroxylation is 2. The van der Waals surface area contributed by atoms with Crippen LogP contribution in [0.4, 0.5) is 0 Å². The van der Waals surface area contributed by atoms with Crippen molar-refractivity contribution in [2.75, 3.05) is 19.6 Å². The molecule has 1 aliphatic rings. The summed E-state index contributed by atoms with van der Waals surface area (Å²) < 4.78 is 0. The maximum atomic E-state index is 12.2. The molecule has 148 valence electrons. The number of likely N-dealkylation sites (tertiary alicyclic amines) is 1. The van der Waals surface area contributed by atoms with E-state index in [1.165, 1.54) is 0 Å². The standard InChI is InChI=1S/C21H31N3O3/c1-14(2)11-20(26)24-9-7-18(8-10-24)23-19(25)13-22-21(27)17-6-5-15(3)16(4)12-17/h5-6,12,14,18H,7-11,13H2,1-4H3,(H,22,27)(H,23,25). The second kappa shape index (κ2) is 9.53. The van der Waals surface area contributed by atoms with Crippen molar-refractivity contribution in [2.45, 2.75) is 53.0 Å². The molecule has 0 radical (unpaired) electrons. The third kappa shape index (κ3) is 6.38. The van der Waals surface area contributed by atoms with Crippen LogP contribution in [0.5, 0.6) is 0 Å². The van der Waals surface area contributed by atoms with Crippen LogP contribution in [-0.4, -0.2) is 48.3 Å². The molecule has 1 fully saturated rings. The molecule has 0 saturated carbocycles. The first-order valence-corrected chi connectivity index (χ1v) is 9.69. The predicted octanol–water partition coefficient (Wildman–Crippen LogP) is 2.19. The molecule has 0 atom stereocenters. The number of rotatable bonds is 6. The Morgan fingerprint density at radius 1 is 1.11 bits per heavy atom. The van der Waals surface area contributed by atoms with Gasteiger partial charge >= 0.3 is 0 Å². The van der Waals surface area contributed by atoms with Gasteiger partial charge in [-0.2, -0.15) is 0 Å². The van der Waals surface area contributed by atoms with Crippen LogP contribution < -0.4 is 10.6 Å². The van der Waals surface area contributed by atoms with Crippen molar-refractivity contribution in [3.63, 3.8) is 0 Å². The predicted molar refractivity (Wildman–Crippen MR) is 105 cm³/mol. The number of amides is 3. The van der Waals surface area contributed by atoms with Crippen LogP contribution in [0.1, 0.15) is 54.6 Å². The van der Waals surface area contributed by atoms with E-state index in [0.717, 1.165) is 24.0 Å². The van der Waals surface area contributed by atoms with E-state index in [2.05, 4.69) is 10.6 Å². The van der Waals surface area contributed by atoms with Gasteiger partial charge in [0.15, 0.2) is 0 Å². The zero-order chi connectivity index (χ0) is 20.0. The Bertz CT molecular complexity index is 692. The van der Waals surface area contributed by atoms with Crippen LogP contribution in [0, 0.1) is 19.8 Å². The minimum absolute atomic E-state index is 0.0434. The molecule has 3 amide bonds. The molecule has 0 unspecified atom stereocenters. The average Bonchev–Trinajstić information content (AvgIpc) is 2.62. The fraction of sp³-hybridized carbons (Fsp3) is 0.571. The van der Waals surface area contributed by atoms with Crippen LogP contribution >= 0.6 is 0 Å². The number of benzene rings is 1. The highest BCUT2D eigenvalue weighted by Gasteiger charge is 2.24. The second-order valence-electron chi connectivity index (χ2n) is 7.80. The molecule has 27 heavy (non-hydrogen) atoms. The molecule has 0 bridgehead atoms. The van der Waals surface area contributed by atoms with Crippen LogP contribution in [0.2, 0.25) is 0 Å². The van der Waals surface area contributed by atoms with Gasteiger partial charge in [0.05, 0.1) is 6.54 Å². The van der Waals surface area contributed by atoms with Gasteiger partial charge in [-0.25, -0.2) is 0 Å². The third-order valence-corrected chi connectivity index (χ3v) is 4.97. The van der Waals surface area contributed by atoms with Gasteiger partial charge in [-0.05, 0) is 55.9 Å². The van der Waals surface area contributed by atoms with E-state index in [-0.39, 0.29) is 30.3 Å². The van der Waals surface area contributed by atoms with Gasteiger partial charge < -0.3 is 15.5 Å². The van der Waals surface area contributed by atoms with E-state index in [9.17, 15) is 14.4 Å². The fourth-order valence-electron chi connectivity index (χ4n) is 3.18. The first-order valence-electron chi connectivity index (χ1n) is 9.69. The van der Waals surface area contributed by atoms with Crippen LogP contribution in [0.15, 0.2) is 18.2 Å². The Hall–Kier alpha value is -2.37. The monoisotopic (exact) mass is 373 g/mol. The van der Waals surface area contributed by atoms with Crippen molar-refractivity contribution >= 4 is 17.7 Å². The number of hydrogen-bond donors (Lipinski definition) is 2. The van der Waals surface area contributed by atoms with E-state index < -0.39 is 0 Å². The summed E-state index contributed by atoms with van der Waals surface area (Å²) in [5.74, 6) is 0.104. The summed E-state index contributed by atoms with van der Waals surface area (Å²) in [7, 11) is 0. The lowest BCUT2D eigenvalue weighted by atomic mass is 10.0. The fourth-order valence-corrected chi connectivity index (χ4v) is 3.18. The van der Waals surface area contributed by atoms with E-state index in [0.29, 0.717) is 31.0 Å². The van der Waals surface area contributed by atoms with Crippen molar-refractivity contribution in [3.05, 3.63) is 34.9 Å².